The minimum Gasteiger partial charge on any atom is -0.497 e. The Hall–Kier alpha value is -4.05. The molecule has 3 aromatic rings. The van der Waals surface area contributed by atoms with E-state index in [1.54, 1.807) is 67.8 Å². The molecule has 1 N–H and O–H groups in total. The highest BCUT2D eigenvalue weighted by Gasteiger charge is 2.34. The molecule has 0 bridgehead atoms. The number of hydrogen-bond donors (Lipinski definition) is 1. The molecule has 0 aliphatic rings. The summed E-state index contributed by atoms with van der Waals surface area (Å²) in [4.78, 5) is 28.9. The second kappa shape index (κ2) is 14.5. The Kier molecular flexibility index (Phi) is 11.2. The van der Waals surface area contributed by atoms with E-state index in [1.807, 2.05) is 26.8 Å². The van der Waals surface area contributed by atoms with Gasteiger partial charge in [0.25, 0.3) is 10.0 Å². The van der Waals surface area contributed by atoms with Gasteiger partial charge in [-0.1, -0.05) is 44.2 Å². The van der Waals surface area contributed by atoms with Gasteiger partial charge in [0.2, 0.25) is 11.8 Å². The van der Waals surface area contributed by atoms with Crippen LogP contribution in [-0.4, -0.2) is 58.0 Å². The van der Waals surface area contributed by atoms with Crippen LogP contribution in [0.15, 0.2) is 83.8 Å². The molecule has 10 heteroatoms. The molecule has 0 radical (unpaired) electrons. The lowest BCUT2D eigenvalue weighted by Gasteiger charge is -2.33. The summed E-state index contributed by atoms with van der Waals surface area (Å²) in [5.41, 5.74) is 1.08. The standard InChI is InChI=1S/C31H39N3O6S/c1-6-23(3)32-31(36)29(7-2)33(21-24-12-11-15-27(20-24)40-5)30(35)22-34(25-13-9-8-10-14-25)41(37,38)28-18-16-26(39-4)17-19-28/h8-20,23,29H,6-7,21-22H2,1-5H3,(H,32,36)/t23-,29-/m1/s1. The van der Waals surface area contributed by atoms with Crippen molar-refractivity contribution in [1.29, 1.82) is 0 Å². The molecule has 41 heavy (non-hydrogen) atoms. The predicted octanol–water partition coefficient (Wildman–Crippen LogP) is 4.62. The third-order valence-electron chi connectivity index (χ3n) is 6.84. The number of benzene rings is 3. The molecule has 9 nitrogen and oxygen atoms in total. The second-order valence-corrected chi connectivity index (χ2v) is 11.5. The van der Waals surface area contributed by atoms with Gasteiger partial charge in [-0.15, -0.1) is 0 Å². The molecule has 3 rings (SSSR count). The van der Waals surface area contributed by atoms with Crippen LogP contribution in [0.1, 0.15) is 39.2 Å². The molecular formula is C31H39N3O6S. The molecule has 0 heterocycles. The highest BCUT2D eigenvalue weighted by Crippen LogP contribution is 2.26. The largest absolute Gasteiger partial charge is 0.497 e. The molecule has 0 aliphatic heterocycles. The van der Waals surface area contributed by atoms with E-state index in [4.69, 9.17) is 9.47 Å². The Morgan fingerprint density at radius 2 is 1.51 bits per heavy atom. The zero-order valence-electron chi connectivity index (χ0n) is 24.2. The van der Waals surface area contributed by atoms with Gasteiger partial charge < -0.3 is 19.7 Å². The number of rotatable bonds is 14. The van der Waals surface area contributed by atoms with Crippen LogP contribution in [0.3, 0.4) is 0 Å². The Morgan fingerprint density at radius 1 is 0.854 bits per heavy atom. The molecule has 2 amide bonds. The van der Waals surface area contributed by atoms with Crippen LogP contribution in [0.25, 0.3) is 0 Å². The number of amides is 2. The van der Waals surface area contributed by atoms with Crippen molar-refractivity contribution in [3.05, 3.63) is 84.4 Å². The van der Waals surface area contributed by atoms with Crippen molar-refractivity contribution in [2.45, 2.75) is 57.1 Å². The van der Waals surface area contributed by atoms with Crippen molar-refractivity contribution in [1.82, 2.24) is 10.2 Å². The number of ether oxygens (including phenoxy) is 2. The minimum absolute atomic E-state index is 0.0100. The molecular weight excluding hydrogens is 542 g/mol. The van der Waals surface area contributed by atoms with E-state index in [-0.39, 0.29) is 23.4 Å². The summed E-state index contributed by atoms with van der Waals surface area (Å²) in [7, 11) is -1.11. The molecule has 2 atom stereocenters. The van der Waals surface area contributed by atoms with Crippen molar-refractivity contribution < 1.29 is 27.5 Å². The smallest absolute Gasteiger partial charge is 0.264 e. The molecule has 3 aromatic carbocycles. The highest BCUT2D eigenvalue weighted by molar-refractivity contribution is 7.92. The van der Waals surface area contributed by atoms with Crippen LogP contribution in [-0.2, 0) is 26.2 Å². The number of carbonyl (C=O) groups is 2. The van der Waals surface area contributed by atoms with Crippen molar-refractivity contribution in [3.63, 3.8) is 0 Å². The Bertz CT molecular complexity index is 1400. The second-order valence-electron chi connectivity index (χ2n) is 9.64. The van der Waals surface area contributed by atoms with E-state index in [2.05, 4.69) is 5.32 Å². The first-order valence-electron chi connectivity index (χ1n) is 13.6. The zero-order valence-corrected chi connectivity index (χ0v) is 25.1. The van der Waals surface area contributed by atoms with Crippen LogP contribution >= 0.6 is 0 Å². The van der Waals surface area contributed by atoms with Crippen molar-refractivity contribution in [2.75, 3.05) is 25.1 Å². The fourth-order valence-electron chi connectivity index (χ4n) is 4.33. The summed E-state index contributed by atoms with van der Waals surface area (Å²) in [5.74, 6) is 0.316. The average Bonchev–Trinajstić information content (AvgIpc) is 2.99. The first kappa shape index (κ1) is 31.5. The van der Waals surface area contributed by atoms with E-state index in [0.29, 0.717) is 23.6 Å². The number of carbonyl (C=O) groups excluding carboxylic acids is 2. The number of methoxy groups -OCH3 is 2. The van der Waals surface area contributed by atoms with E-state index >= 15 is 0 Å². The summed E-state index contributed by atoms with van der Waals surface area (Å²) >= 11 is 0. The summed E-state index contributed by atoms with van der Waals surface area (Å²) in [6.07, 6.45) is 1.07. The quantitative estimate of drug-likeness (QED) is 0.298. The van der Waals surface area contributed by atoms with Crippen molar-refractivity contribution >= 4 is 27.5 Å². The van der Waals surface area contributed by atoms with Crippen molar-refractivity contribution in [3.8, 4) is 11.5 Å². The van der Waals surface area contributed by atoms with Crippen LogP contribution < -0.4 is 19.1 Å². The lowest BCUT2D eigenvalue weighted by molar-refractivity contribution is -0.140. The van der Waals surface area contributed by atoms with Gasteiger partial charge in [-0.05, 0) is 73.9 Å². The predicted molar refractivity (Wildman–Crippen MR) is 159 cm³/mol. The number of nitrogens with one attached hydrogen (secondary N) is 1. The van der Waals surface area contributed by atoms with Crippen LogP contribution in [0.5, 0.6) is 11.5 Å². The first-order chi connectivity index (χ1) is 19.6. The number of nitrogens with zero attached hydrogens (tertiary/aromatic N) is 2. The van der Waals surface area contributed by atoms with Gasteiger partial charge in [0.05, 0.1) is 24.8 Å². The third kappa shape index (κ3) is 8.00. The Labute approximate surface area is 243 Å². The fourth-order valence-corrected chi connectivity index (χ4v) is 5.74. The monoisotopic (exact) mass is 581 g/mol. The maximum Gasteiger partial charge on any atom is 0.264 e. The molecule has 0 spiro atoms. The van der Waals surface area contributed by atoms with E-state index < -0.39 is 28.5 Å². The molecule has 0 fully saturated rings. The minimum atomic E-state index is -4.16. The summed E-state index contributed by atoms with van der Waals surface area (Å²) in [6, 6.07) is 20.8. The molecule has 0 saturated carbocycles. The summed E-state index contributed by atoms with van der Waals surface area (Å²) in [6.45, 7) is 5.28. The van der Waals surface area contributed by atoms with E-state index in [9.17, 15) is 18.0 Å². The molecule has 0 aromatic heterocycles. The maximum atomic E-state index is 14.1. The molecule has 0 saturated heterocycles. The van der Waals surface area contributed by atoms with Gasteiger partial charge in [-0.25, -0.2) is 8.42 Å². The average molecular weight is 582 g/mol. The van der Waals surface area contributed by atoms with Crippen LogP contribution in [0.2, 0.25) is 0 Å². The lowest BCUT2D eigenvalue weighted by atomic mass is 10.1. The Balaban J connectivity index is 2.04. The number of para-hydroxylation sites is 1. The summed E-state index contributed by atoms with van der Waals surface area (Å²) < 4.78 is 39.4. The van der Waals surface area contributed by atoms with E-state index in [0.717, 1.165) is 16.3 Å². The zero-order chi connectivity index (χ0) is 30.0. The maximum absolute atomic E-state index is 14.1. The number of hydrogen-bond acceptors (Lipinski definition) is 6. The highest BCUT2D eigenvalue weighted by atomic mass is 32.2. The van der Waals surface area contributed by atoms with Gasteiger partial charge in [0.1, 0.15) is 24.1 Å². The van der Waals surface area contributed by atoms with Gasteiger partial charge in [-0.3, -0.25) is 13.9 Å². The molecule has 0 unspecified atom stereocenters. The Morgan fingerprint density at radius 3 is 2.10 bits per heavy atom. The lowest BCUT2D eigenvalue weighted by Crippen LogP contribution is -2.53. The summed E-state index contributed by atoms with van der Waals surface area (Å²) in [5, 5.41) is 2.97. The van der Waals surface area contributed by atoms with Gasteiger partial charge in [0.15, 0.2) is 0 Å². The van der Waals surface area contributed by atoms with Gasteiger partial charge in [0, 0.05) is 12.6 Å². The third-order valence-corrected chi connectivity index (χ3v) is 8.63. The van der Waals surface area contributed by atoms with Gasteiger partial charge >= 0.3 is 0 Å². The van der Waals surface area contributed by atoms with Crippen LogP contribution in [0, 0.1) is 0 Å². The number of sulfonamides is 1. The first-order valence-corrected chi connectivity index (χ1v) is 15.0. The van der Waals surface area contributed by atoms with Gasteiger partial charge in [-0.2, -0.15) is 0 Å². The van der Waals surface area contributed by atoms with E-state index in [1.165, 1.54) is 24.1 Å². The fraction of sp³-hybridized carbons (Fsp3) is 0.355. The molecule has 0 aliphatic carbocycles. The van der Waals surface area contributed by atoms with Crippen LogP contribution in [0.4, 0.5) is 5.69 Å². The molecule has 220 valence electrons. The number of anilines is 1. The normalized spacial score (nSPS) is 12.6. The SMILES string of the molecule is CC[C@@H](C)NC(=O)[C@@H](CC)N(Cc1cccc(OC)c1)C(=O)CN(c1ccccc1)S(=O)(=O)c1ccc(OC)cc1. The van der Waals surface area contributed by atoms with Crippen molar-refractivity contribution in [2.24, 2.45) is 0 Å². The topological polar surface area (TPSA) is 105 Å².